The van der Waals surface area contributed by atoms with E-state index in [9.17, 15) is 9.59 Å². The third-order valence-electron chi connectivity index (χ3n) is 4.90. The summed E-state index contributed by atoms with van der Waals surface area (Å²) in [5.41, 5.74) is 3.32. The zero-order valence-electron chi connectivity index (χ0n) is 17.4. The van der Waals surface area contributed by atoms with Gasteiger partial charge in [0.25, 0.3) is 5.56 Å². The van der Waals surface area contributed by atoms with Gasteiger partial charge in [0.2, 0.25) is 5.91 Å². The molecule has 156 valence electrons. The fourth-order valence-corrected chi connectivity index (χ4v) is 3.24. The highest BCUT2D eigenvalue weighted by atomic mass is 16.1. The van der Waals surface area contributed by atoms with E-state index in [1.807, 2.05) is 36.4 Å². The van der Waals surface area contributed by atoms with E-state index < -0.39 is 0 Å². The number of hydrogen-bond acceptors (Lipinski definition) is 5. The van der Waals surface area contributed by atoms with E-state index >= 15 is 0 Å². The predicted molar refractivity (Wildman–Crippen MR) is 120 cm³/mol. The van der Waals surface area contributed by atoms with Crippen molar-refractivity contribution in [3.8, 4) is 11.3 Å². The maximum absolute atomic E-state index is 12.3. The summed E-state index contributed by atoms with van der Waals surface area (Å²) in [6, 6.07) is 14.7. The highest BCUT2D eigenvalue weighted by molar-refractivity contribution is 5.90. The molecule has 1 aromatic carbocycles. The number of aromatic nitrogens is 3. The maximum atomic E-state index is 12.3. The minimum absolute atomic E-state index is 0.0797. The number of carbonyl (C=O) groups excluding carboxylic acids is 1. The number of benzene rings is 1. The quantitative estimate of drug-likeness (QED) is 0.589. The summed E-state index contributed by atoms with van der Waals surface area (Å²) >= 11 is 0. The van der Waals surface area contributed by atoms with Crippen LogP contribution in [0.2, 0.25) is 0 Å². The van der Waals surface area contributed by atoms with Crippen LogP contribution < -0.4 is 15.8 Å². The molecule has 0 unspecified atom stereocenters. The molecule has 0 radical (unpaired) electrons. The Balaban J connectivity index is 1.54. The molecule has 30 heavy (non-hydrogen) atoms. The van der Waals surface area contributed by atoms with E-state index in [-0.39, 0.29) is 11.5 Å². The van der Waals surface area contributed by atoms with E-state index in [4.69, 9.17) is 0 Å². The van der Waals surface area contributed by atoms with Gasteiger partial charge in [0.05, 0.1) is 5.69 Å². The summed E-state index contributed by atoms with van der Waals surface area (Å²) < 4.78 is 1.40. The Labute approximate surface area is 176 Å². The topological polar surface area (TPSA) is 80.1 Å². The van der Waals surface area contributed by atoms with Crippen LogP contribution >= 0.6 is 0 Å². The molecule has 0 aliphatic carbocycles. The van der Waals surface area contributed by atoms with Crippen molar-refractivity contribution in [2.24, 2.45) is 0 Å². The number of amides is 1. The average Bonchev–Trinajstić information content (AvgIpc) is 2.77. The molecule has 7 heteroatoms. The average molecular weight is 406 g/mol. The Morgan fingerprint density at radius 2 is 1.70 bits per heavy atom. The smallest absolute Gasteiger partial charge is 0.266 e. The van der Waals surface area contributed by atoms with Gasteiger partial charge in [0, 0.05) is 61.5 Å². The van der Waals surface area contributed by atoms with Gasteiger partial charge >= 0.3 is 0 Å². The van der Waals surface area contributed by atoms with Gasteiger partial charge in [0.1, 0.15) is 0 Å². The van der Waals surface area contributed by atoms with E-state index in [2.05, 4.69) is 34.1 Å². The highest BCUT2D eigenvalue weighted by Gasteiger charge is 2.07. The lowest BCUT2D eigenvalue weighted by Gasteiger charge is -2.21. The van der Waals surface area contributed by atoms with Crippen molar-refractivity contribution in [2.45, 2.75) is 33.2 Å². The Morgan fingerprint density at radius 3 is 2.37 bits per heavy atom. The number of nitrogens with one attached hydrogen (secondary N) is 1. The zero-order valence-corrected chi connectivity index (χ0v) is 17.4. The van der Waals surface area contributed by atoms with Gasteiger partial charge in [-0.3, -0.25) is 14.6 Å². The minimum Gasteiger partial charge on any atom is -0.372 e. The van der Waals surface area contributed by atoms with Crippen LogP contribution in [0, 0.1) is 0 Å². The number of aryl methyl sites for hydroxylation is 1. The first-order valence-corrected chi connectivity index (χ1v) is 10.2. The van der Waals surface area contributed by atoms with E-state index in [1.54, 1.807) is 18.5 Å². The Morgan fingerprint density at radius 1 is 1.00 bits per heavy atom. The molecule has 2 aromatic heterocycles. The largest absolute Gasteiger partial charge is 0.372 e. The van der Waals surface area contributed by atoms with Crippen LogP contribution in [-0.2, 0) is 11.3 Å². The number of pyridine rings is 1. The van der Waals surface area contributed by atoms with E-state index in [0.717, 1.165) is 30.0 Å². The molecule has 0 aliphatic rings. The molecular formula is C23H27N5O2. The number of carbonyl (C=O) groups is 1. The van der Waals surface area contributed by atoms with Gasteiger partial charge in [-0.1, -0.05) is 0 Å². The summed E-state index contributed by atoms with van der Waals surface area (Å²) in [7, 11) is 0. The van der Waals surface area contributed by atoms with Gasteiger partial charge in [0.15, 0.2) is 0 Å². The van der Waals surface area contributed by atoms with E-state index in [1.165, 1.54) is 10.7 Å². The van der Waals surface area contributed by atoms with Crippen molar-refractivity contribution in [1.82, 2.24) is 14.8 Å². The summed E-state index contributed by atoms with van der Waals surface area (Å²) in [5, 5.41) is 7.32. The first kappa shape index (κ1) is 21.2. The predicted octanol–water partition coefficient (Wildman–Crippen LogP) is 3.57. The van der Waals surface area contributed by atoms with Crippen LogP contribution in [0.25, 0.3) is 11.3 Å². The molecule has 0 aliphatic heterocycles. The van der Waals surface area contributed by atoms with Crippen LogP contribution in [0.1, 0.15) is 26.7 Å². The number of rotatable bonds is 9. The maximum Gasteiger partial charge on any atom is 0.266 e. The number of nitrogens with zero attached hydrogens (tertiary/aromatic N) is 4. The van der Waals surface area contributed by atoms with Crippen molar-refractivity contribution >= 4 is 17.3 Å². The van der Waals surface area contributed by atoms with Gasteiger partial charge in [-0.05, 0) is 62.7 Å². The van der Waals surface area contributed by atoms with Crippen molar-refractivity contribution in [3.63, 3.8) is 0 Å². The first-order valence-electron chi connectivity index (χ1n) is 10.2. The van der Waals surface area contributed by atoms with Crippen LogP contribution in [0.4, 0.5) is 11.4 Å². The van der Waals surface area contributed by atoms with Crippen LogP contribution in [0.3, 0.4) is 0 Å². The summed E-state index contributed by atoms with van der Waals surface area (Å²) in [6.07, 6.45) is 4.21. The van der Waals surface area contributed by atoms with Crippen LogP contribution in [0.5, 0.6) is 0 Å². The second kappa shape index (κ2) is 10.3. The van der Waals surface area contributed by atoms with Gasteiger partial charge in [-0.15, -0.1) is 0 Å². The molecule has 1 N–H and O–H groups in total. The Kier molecular flexibility index (Phi) is 7.32. The molecule has 0 spiro atoms. The van der Waals surface area contributed by atoms with Gasteiger partial charge in [-0.25, -0.2) is 4.68 Å². The standard InChI is InChI=1S/C23H27N5O2/c1-3-27(4-2)20-9-7-19(8-10-20)25-22(29)6-5-17-28-23(30)12-11-21(26-28)18-13-15-24-16-14-18/h7-16H,3-6,17H2,1-2H3,(H,25,29). The summed E-state index contributed by atoms with van der Waals surface area (Å²) in [6.45, 7) is 6.50. The highest BCUT2D eigenvalue weighted by Crippen LogP contribution is 2.18. The van der Waals surface area contributed by atoms with Crippen LogP contribution in [0.15, 0.2) is 65.7 Å². The number of hydrogen-bond donors (Lipinski definition) is 1. The lowest BCUT2D eigenvalue weighted by atomic mass is 10.2. The zero-order chi connectivity index (χ0) is 21.3. The Hall–Kier alpha value is -3.48. The SMILES string of the molecule is CCN(CC)c1ccc(NC(=O)CCCn2nc(-c3ccncc3)ccc2=O)cc1. The second-order valence-corrected chi connectivity index (χ2v) is 6.89. The second-order valence-electron chi connectivity index (χ2n) is 6.89. The molecule has 0 bridgehead atoms. The molecule has 1 amide bonds. The molecule has 3 rings (SSSR count). The lowest BCUT2D eigenvalue weighted by Crippen LogP contribution is -2.23. The third-order valence-corrected chi connectivity index (χ3v) is 4.90. The fraction of sp³-hybridized carbons (Fsp3) is 0.304. The normalized spacial score (nSPS) is 10.6. The lowest BCUT2D eigenvalue weighted by molar-refractivity contribution is -0.116. The molecule has 7 nitrogen and oxygen atoms in total. The van der Waals surface area contributed by atoms with Crippen molar-refractivity contribution in [3.05, 3.63) is 71.3 Å². The van der Waals surface area contributed by atoms with Crippen molar-refractivity contribution < 1.29 is 4.79 Å². The number of anilines is 2. The summed E-state index contributed by atoms with van der Waals surface area (Å²) in [4.78, 5) is 30.6. The van der Waals surface area contributed by atoms with Gasteiger partial charge < -0.3 is 10.2 Å². The van der Waals surface area contributed by atoms with Gasteiger partial charge in [-0.2, -0.15) is 5.10 Å². The molecular weight excluding hydrogens is 378 g/mol. The third kappa shape index (κ3) is 5.53. The molecule has 0 fully saturated rings. The minimum atomic E-state index is -0.180. The molecule has 0 atom stereocenters. The molecule has 0 saturated carbocycles. The van der Waals surface area contributed by atoms with Crippen LogP contribution in [-0.4, -0.2) is 33.8 Å². The summed E-state index contributed by atoms with van der Waals surface area (Å²) in [5.74, 6) is -0.0797. The van der Waals surface area contributed by atoms with Crippen molar-refractivity contribution in [2.75, 3.05) is 23.3 Å². The molecule has 0 saturated heterocycles. The van der Waals surface area contributed by atoms with Crippen molar-refractivity contribution in [1.29, 1.82) is 0 Å². The monoisotopic (exact) mass is 405 g/mol. The van der Waals surface area contributed by atoms with E-state index in [0.29, 0.717) is 25.1 Å². The molecule has 2 heterocycles. The molecule has 3 aromatic rings. The fourth-order valence-electron chi connectivity index (χ4n) is 3.24. The Bertz CT molecular complexity index is 1010. The first-order chi connectivity index (χ1) is 14.6.